The molecule has 2 aromatic heterocycles. The number of terminal acetylenes is 1. The van der Waals surface area contributed by atoms with Gasteiger partial charge in [0.1, 0.15) is 6.04 Å². The fraction of sp³-hybridized carbons (Fsp3) is 0.333. The number of benzene rings is 2. The molecule has 5 rings (SSSR count). The third-order valence-electron chi connectivity index (χ3n) is 6.70. The third-order valence-corrected chi connectivity index (χ3v) is 8.59. The van der Waals surface area contributed by atoms with E-state index in [-0.39, 0.29) is 11.8 Å². The SMILES string of the molecule is C#CCSCC(NC(=O)CCCNc1c2c(nc3ccccc13)CCCC2)C(=O)Nc1nc2ccccc2s1. The van der Waals surface area contributed by atoms with Crippen LogP contribution in [0.3, 0.4) is 0 Å². The molecule has 2 heterocycles. The van der Waals surface area contributed by atoms with Crippen LogP contribution < -0.4 is 16.0 Å². The standard InChI is InChI=1S/C30H31N5O2S2/c1-2-18-38-19-25(29(37)35-30-34-24-14-7-8-15-26(24)39-30)33-27(36)16-9-17-31-28-20-10-3-5-12-22(20)32-23-13-6-4-11-21(23)28/h1,3,5,7-8,10,12,14-15,25H,4,6,9,11,13,16-19H2,(H,31,32)(H,33,36)(H,34,35,37). The number of nitrogens with one attached hydrogen (secondary N) is 3. The van der Waals surface area contributed by atoms with Crippen LogP contribution in [-0.2, 0) is 22.4 Å². The van der Waals surface area contributed by atoms with Gasteiger partial charge in [-0.25, -0.2) is 4.98 Å². The maximum atomic E-state index is 13.1. The van der Waals surface area contributed by atoms with Crippen molar-refractivity contribution in [1.29, 1.82) is 0 Å². The molecule has 1 atom stereocenters. The predicted molar refractivity (Wildman–Crippen MR) is 162 cm³/mol. The van der Waals surface area contributed by atoms with Crippen molar-refractivity contribution in [3.63, 3.8) is 0 Å². The molecule has 3 N–H and O–H groups in total. The van der Waals surface area contributed by atoms with Crippen LogP contribution >= 0.6 is 23.1 Å². The summed E-state index contributed by atoms with van der Waals surface area (Å²) in [6.07, 6.45) is 10.7. The summed E-state index contributed by atoms with van der Waals surface area (Å²) in [5, 5.41) is 11.0. The molecule has 7 nitrogen and oxygen atoms in total. The summed E-state index contributed by atoms with van der Waals surface area (Å²) in [5.74, 6) is 2.97. The Balaban J connectivity index is 1.18. The Labute approximate surface area is 236 Å². The number of aromatic nitrogens is 2. The average Bonchev–Trinajstić information content (AvgIpc) is 3.36. The summed E-state index contributed by atoms with van der Waals surface area (Å²) in [6, 6.07) is 15.2. The molecule has 4 aromatic rings. The van der Waals surface area contributed by atoms with Gasteiger partial charge in [-0.2, -0.15) is 0 Å². The van der Waals surface area contributed by atoms with Gasteiger partial charge in [0.25, 0.3) is 0 Å². The fourth-order valence-electron chi connectivity index (χ4n) is 4.84. The highest BCUT2D eigenvalue weighted by molar-refractivity contribution is 7.99. The number of carbonyl (C=O) groups is 2. The third kappa shape index (κ3) is 6.70. The first-order valence-corrected chi connectivity index (χ1v) is 15.2. The molecular weight excluding hydrogens is 526 g/mol. The lowest BCUT2D eigenvalue weighted by Gasteiger charge is -2.22. The lowest BCUT2D eigenvalue weighted by atomic mass is 9.92. The second kappa shape index (κ2) is 13.0. The van der Waals surface area contributed by atoms with Gasteiger partial charge in [-0.05, 0) is 55.9 Å². The van der Waals surface area contributed by atoms with Crippen LogP contribution in [0, 0.1) is 12.3 Å². The van der Waals surface area contributed by atoms with Crippen LogP contribution in [0.2, 0.25) is 0 Å². The summed E-state index contributed by atoms with van der Waals surface area (Å²) in [7, 11) is 0. The zero-order valence-corrected chi connectivity index (χ0v) is 23.3. The van der Waals surface area contributed by atoms with E-state index >= 15 is 0 Å². The van der Waals surface area contributed by atoms with E-state index in [4.69, 9.17) is 11.4 Å². The number of aryl methyl sites for hydroxylation is 1. The molecule has 0 bridgehead atoms. The van der Waals surface area contributed by atoms with Crippen molar-refractivity contribution in [2.45, 2.75) is 44.6 Å². The highest BCUT2D eigenvalue weighted by Crippen LogP contribution is 2.33. The van der Waals surface area contributed by atoms with Crippen molar-refractivity contribution in [2.75, 3.05) is 28.7 Å². The van der Waals surface area contributed by atoms with Crippen LogP contribution in [0.1, 0.15) is 36.9 Å². The van der Waals surface area contributed by atoms with Gasteiger partial charge in [0.2, 0.25) is 11.8 Å². The van der Waals surface area contributed by atoms with Gasteiger partial charge in [0.05, 0.1) is 21.5 Å². The van der Waals surface area contributed by atoms with E-state index in [2.05, 4.69) is 39.0 Å². The smallest absolute Gasteiger partial charge is 0.249 e. The molecule has 2 amide bonds. The number of pyridine rings is 1. The molecule has 1 aliphatic rings. The number of rotatable bonds is 11. The Bertz CT molecular complexity index is 1490. The first-order chi connectivity index (χ1) is 19.1. The molecular formula is C30H31N5O2S2. The topological polar surface area (TPSA) is 96.0 Å². The minimum Gasteiger partial charge on any atom is -0.384 e. The number of thioether (sulfide) groups is 1. The zero-order chi connectivity index (χ0) is 27.0. The van der Waals surface area contributed by atoms with Gasteiger partial charge < -0.3 is 16.0 Å². The molecule has 1 unspecified atom stereocenters. The van der Waals surface area contributed by atoms with E-state index < -0.39 is 6.04 Å². The van der Waals surface area contributed by atoms with Gasteiger partial charge in [-0.3, -0.25) is 14.6 Å². The summed E-state index contributed by atoms with van der Waals surface area (Å²) in [6.45, 7) is 0.655. The van der Waals surface area contributed by atoms with E-state index in [1.807, 2.05) is 36.4 Å². The normalized spacial score (nSPS) is 13.4. The second-order valence-corrected chi connectivity index (χ2v) is 11.5. The Morgan fingerprint density at radius 2 is 1.85 bits per heavy atom. The van der Waals surface area contributed by atoms with Crippen molar-refractivity contribution in [3.05, 3.63) is 59.8 Å². The number of anilines is 2. The number of hydrogen-bond donors (Lipinski definition) is 3. The minimum atomic E-state index is -0.702. The van der Waals surface area contributed by atoms with E-state index in [9.17, 15) is 9.59 Å². The number of amides is 2. The molecule has 0 fully saturated rings. The van der Waals surface area contributed by atoms with Crippen molar-refractivity contribution in [2.24, 2.45) is 0 Å². The van der Waals surface area contributed by atoms with Gasteiger partial charge in [-0.1, -0.05) is 47.6 Å². The van der Waals surface area contributed by atoms with Gasteiger partial charge in [-0.15, -0.1) is 18.2 Å². The van der Waals surface area contributed by atoms with E-state index in [0.717, 1.165) is 39.6 Å². The van der Waals surface area contributed by atoms with Gasteiger partial charge in [0, 0.05) is 35.5 Å². The largest absolute Gasteiger partial charge is 0.384 e. The van der Waals surface area contributed by atoms with E-state index in [1.165, 1.54) is 47.2 Å². The Morgan fingerprint density at radius 1 is 1.05 bits per heavy atom. The Kier molecular flexibility index (Phi) is 8.96. The van der Waals surface area contributed by atoms with Gasteiger partial charge >= 0.3 is 0 Å². The second-order valence-electron chi connectivity index (χ2n) is 9.48. The van der Waals surface area contributed by atoms with Crippen LogP contribution in [0.5, 0.6) is 0 Å². The maximum absolute atomic E-state index is 13.1. The molecule has 9 heteroatoms. The summed E-state index contributed by atoms with van der Waals surface area (Å²) in [4.78, 5) is 35.3. The predicted octanol–water partition coefficient (Wildman–Crippen LogP) is 5.41. The quantitative estimate of drug-likeness (QED) is 0.169. The lowest BCUT2D eigenvalue weighted by molar-refractivity contribution is -0.126. The number of para-hydroxylation sites is 2. The van der Waals surface area contributed by atoms with Crippen molar-refractivity contribution < 1.29 is 9.59 Å². The molecule has 0 spiro atoms. The maximum Gasteiger partial charge on any atom is 0.249 e. The number of fused-ring (bicyclic) bond motifs is 3. The first-order valence-electron chi connectivity index (χ1n) is 13.2. The molecule has 0 saturated heterocycles. The summed E-state index contributed by atoms with van der Waals surface area (Å²) >= 11 is 2.85. The summed E-state index contributed by atoms with van der Waals surface area (Å²) in [5.41, 5.74) is 5.48. The Hall–Kier alpha value is -3.61. The highest BCUT2D eigenvalue weighted by Gasteiger charge is 2.22. The Morgan fingerprint density at radius 3 is 2.69 bits per heavy atom. The lowest BCUT2D eigenvalue weighted by Crippen LogP contribution is -2.45. The monoisotopic (exact) mass is 557 g/mol. The molecule has 39 heavy (non-hydrogen) atoms. The number of hydrogen-bond acceptors (Lipinski definition) is 7. The van der Waals surface area contributed by atoms with Crippen LogP contribution in [0.25, 0.3) is 21.1 Å². The summed E-state index contributed by atoms with van der Waals surface area (Å²) < 4.78 is 0.992. The zero-order valence-electron chi connectivity index (χ0n) is 21.7. The molecule has 0 saturated carbocycles. The molecule has 200 valence electrons. The number of thiazole rings is 1. The van der Waals surface area contributed by atoms with Crippen LogP contribution in [0.4, 0.5) is 10.8 Å². The van der Waals surface area contributed by atoms with Crippen LogP contribution in [-0.4, -0.2) is 45.9 Å². The van der Waals surface area contributed by atoms with Crippen LogP contribution in [0.15, 0.2) is 48.5 Å². The fourth-order valence-corrected chi connectivity index (χ4v) is 6.42. The highest BCUT2D eigenvalue weighted by atomic mass is 32.2. The minimum absolute atomic E-state index is 0.163. The van der Waals surface area contributed by atoms with Gasteiger partial charge in [0.15, 0.2) is 5.13 Å². The van der Waals surface area contributed by atoms with E-state index in [1.54, 1.807) is 0 Å². The molecule has 2 aromatic carbocycles. The van der Waals surface area contributed by atoms with Crippen molar-refractivity contribution >= 4 is 66.9 Å². The van der Waals surface area contributed by atoms with Crippen molar-refractivity contribution in [1.82, 2.24) is 15.3 Å². The average molecular weight is 558 g/mol. The van der Waals surface area contributed by atoms with Crippen molar-refractivity contribution in [3.8, 4) is 12.3 Å². The van der Waals surface area contributed by atoms with E-state index in [0.29, 0.717) is 36.0 Å². The molecule has 0 radical (unpaired) electrons. The molecule has 1 aliphatic carbocycles. The number of nitrogens with zero attached hydrogens (tertiary/aromatic N) is 2. The first kappa shape index (κ1) is 27.0. The molecule has 0 aliphatic heterocycles. The number of carbonyl (C=O) groups excluding carboxylic acids is 2.